The minimum Gasteiger partial charge on any atom is -0.478 e. The molecule has 2 aromatic rings. The molecule has 1 aliphatic carbocycles. The number of alkyl halides is 1. The van der Waals surface area contributed by atoms with Gasteiger partial charge in [-0.2, -0.15) is 0 Å². The molecule has 6 rings (SSSR count). The van der Waals surface area contributed by atoms with Crippen LogP contribution >= 0.6 is 11.6 Å². The number of allylic oxidation sites excluding steroid dienone is 5. The van der Waals surface area contributed by atoms with E-state index in [1.54, 1.807) is 13.1 Å². The molecular formula is C41H53ClN3O5Si+. The topological polar surface area (TPSA) is 91.1 Å². The number of nitrogens with one attached hydrogen (secondary N) is 1. The molecule has 51 heavy (non-hydrogen) atoms. The van der Waals surface area contributed by atoms with Crippen LogP contribution in [0.5, 0.6) is 0 Å². The van der Waals surface area contributed by atoms with Crippen molar-refractivity contribution in [3.8, 4) is 0 Å². The molecule has 0 aromatic heterocycles. The lowest BCUT2D eigenvalue weighted by molar-refractivity contribution is -0.504. The Morgan fingerprint density at radius 1 is 0.922 bits per heavy atom. The van der Waals surface area contributed by atoms with Gasteiger partial charge in [0.2, 0.25) is 0 Å². The van der Waals surface area contributed by atoms with Crippen LogP contribution in [-0.2, 0) is 9.47 Å². The van der Waals surface area contributed by atoms with E-state index < -0.39 is 71.4 Å². The van der Waals surface area contributed by atoms with Crippen LogP contribution in [0.4, 0.5) is 5.69 Å². The fraction of sp³-hybridized carbons (Fsp3) is 0.488. The van der Waals surface area contributed by atoms with E-state index in [0.29, 0.717) is 50.1 Å². The molecule has 0 spiro atoms. The molecule has 1 amide bonds. The average molecular weight is 748 g/mol. The number of carboxylic acid groups (broad SMARTS) is 1. The van der Waals surface area contributed by atoms with E-state index in [4.69, 9.17) is 43.0 Å². The lowest BCUT2D eigenvalue weighted by Crippen LogP contribution is -2.50. The highest BCUT2D eigenvalue weighted by Crippen LogP contribution is 2.43. The Hall–Kier alpha value is -3.50. The quantitative estimate of drug-likeness (QED) is 0.0876. The van der Waals surface area contributed by atoms with Crippen LogP contribution < -0.4 is 15.4 Å². The number of ether oxygens (including phenoxy) is 2. The molecule has 0 unspecified atom stereocenters. The van der Waals surface area contributed by atoms with E-state index in [2.05, 4.69) is 5.32 Å². The number of carboxylic acids is 1. The van der Waals surface area contributed by atoms with Gasteiger partial charge in [-0.05, 0) is 94.7 Å². The van der Waals surface area contributed by atoms with Crippen LogP contribution in [0.2, 0.25) is 13.1 Å². The maximum Gasteiger partial charge on any atom is 0.336 e. The first-order chi connectivity index (χ1) is 30.8. The van der Waals surface area contributed by atoms with E-state index in [9.17, 15) is 14.7 Å². The van der Waals surface area contributed by atoms with Crippen LogP contribution in [0.3, 0.4) is 0 Å². The summed E-state index contributed by atoms with van der Waals surface area (Å²) < 4.78 is 149. The first-order valence-electron chi connectivity index (χ1n) is 25.0. The summed E-state index contributed by atoms with van der Waals surface area (Å²) in [6.07, 6.45) is -5.54. The fourth-order valence-electron chi connectivity index (χ4n) is 6.43. The average Bonchev–Trinajstić information content (AvgIpc) is 3.35. The van der Waals surface area contributed by atoms with Crippen LogP contribution in [-0.4, -0.2) is 100 Å². The van der Waals surface area contributed by atoms with Crippen LogP contribution in [0, 0.1) is 0 Å². The van der Waals surface area contributed by atoms with Gasteiger partial charge in [0.15, 0.2) is 5.71 Å². The minimum absolute atomic E-state index is 0.00250. The minimum atomic E-state index is -3.42. The summed E-state index contributed by atoms with van der Waals surface area (Å²) in [5, 5.41) is 14.0. The predicted molar refractivity (Wildman–Crippen MR) is 209 cm³/mol. The van der Waals surface area contributed by atoms with E-state index in [1.165, 1.54) is 54.6 Å². The number of hydrogen-bond donors (Lipinski definition) is 2. The molecule has 272 valence electrons. The van der Waals surface area contributed by atoms with Crippen molar-refractivity contribution in [3.63, 3.8) is 0 Å². The van der Waals surface area contributed by atoms with Crippen molar-refractivity contribution in [2.75, 3.05) is 69.7 Å². The number of benzene rings is 2. The van der Waals surface area contributed by atoms with Crippen molar-refractivity contribution in [2.24, 2.45) is 0 Å². The molecule has 0 atom stereocenters. The normalized spacial score (nSPS) is 30.4. The highest BCUT2D eigenvalue weighted by Gasteiger charge is 2.41. The SMILES string of the molecule is [2H]C1([2H])N(c2ccc3c(c2)[Si](C)(C)C2=CC(=[N+]4C([2H])([2H])C([2H])([2H])C([2H])([2H])C4([2H])[2H])C=CC2=C3c2cc(C(=O)NCCOCCOCCCCCCCl)ccc2C(=O)O)C([2H])([2H])C([2H])([2H])C1([2H])[2H]. The van der Waals surface area contributed by atoms with Crippen LogP contribution in [0.25, 0.3) is 5.57 Å². The van der Waals surface area contributed by atoms with Crippen molar-refractivity contribution >= 4 is 53.7 Å². The number of amides is 1. The van der Waals surface area contributed by atoms with E-state index in [-0.39, 0.29) is 53.4 Å². The second kappa shape index (κ2) is 17.3. The zero-order valence-electron chi connectivity index (χ0n) is 44.6. The third kappa shape index (κ3) is 8.59. The van der Waals surface area contributed by atoms with Gasteiger partial charge in [0.1, 0.15) is 26.6 Å². The molecular weight excluding hydrogens is 678 g/mol. The number of rotatable bonds is 16. The van der Waals surface area contributed by atoms with Gasteiger partial charge in [0, 0.05) is 84.6 Å². The van der Waals surface area contributed by atoms with Crippen molar-refractivity contribution < 1.29 is 50.7 Å². The summed E-state index contributed by atoms with van der Waals surface area (Å²) in [6, 6.07) is 7.98. The van der Waals surface area contributed by atoms with E-state index in [1.807, 2.05) is 0 Å². The predicted octanol–water partition coefficient (Wildman–Crippen LogP) is 6.56. The molecule has 0 bridgehead atoms. The molecule has 3 aliphatic heterocycles. The third-order valence-electron chi connectivity index (χ3n) is 9.06. The Morgan fingerprint density at radius 3 is 2.41 bits per heavy atom. The fourth-order valence-corrected chi connectivity index (χ4v) is 9.69. The number of nitrogens with zero attached hydrogens (tertiary/aromatic N) is 2. The number of halogens is 1. The highest BCUT2D eigenvalue weighted by atomic mass is 35.5. The molecule has 2 fully saturated rings. The number of carbonyl (C=O) groups is 2. The largest absolute Gasteiger partial charge is 0.478 e. The van der Waals surface area contributed by atoms with Gasteiger partial charge in [-0.3, -0.25) is 4.79 Å². The van der Waals surface area contributed by atoms with Crippen molar-refractivity contribution in [1.29, 1.82) is 0 Å². The van der Waals surface area contributed by atoms with Gasteiger partial charge in [-0.15, -0.1) is 11.6 Å². The monoisotopic (exact) mass is 746 g/mol. The summed E-state index contributed by atoms with van der Waals surface area (Å²) >= 11 is 5.71. The maximum atomic E-state index is 13.6. The van der Waals surface area contributed by atoms with Gasteiger partial charge >= 0.3 is 5.97 Å². The summed E-state index contributed by atoms with van der Waals surface area (Å²) in [5.74, 6) is -1.36. The Balaban J connectivity index is 1.47. The van der Waals surface area contributed by atoms with Crippen molar-refractivity contribution in [2.45, 2.75) is 64.3 Å². The molecule has 3 heterocycles. The molecule has 4 aliphatic rings. The number of hydrogen-bond acceptors (Lipinski definition) is 5. The molecule has 0 saturated carbocycles. The van der Waals surface area contributed by atoms with Crippen molar-refractivity contribution in [1.82, 2.24) is 5.32 Å². The molecule has 2 N–H and O–H groups in total. The van der Waals surface area contributed by atoms with Crippen molar-refractivity contribution in [3.05, 3.63) is 87.6 Å². The summed E-state index contributed by atoms with van der Waals surface area (Å²) in [5.41, 5.74) is 0.0613. The summed E-state index contributed by atoms with van der Waals surface area (Å²) in [7, 11) is -3.42. The summed E-state index contributed by atoms with van der Waals surface area (Å²) in [6.45, 7) is -8.04. The Morgan fingerprint density at radius 2 is 1.67 bits per heavy atom. The Kier molecular flexibility index (Phi) is 7.44. The highest BCUT2D eigenvalue weighted by molar-refractivity contribution is 6.98. The summed E-state index contributed by atoms with van der Waals surface area (Å²) in [4.78, 5) is 27.1. The zero-order valence-corrected chi connectivity index (χ0v) is 30.4. The lowest BCUT2D eigenvalue weighted by Gasteiger charge is -2.38. The third-order valence-corrected chi connectivity index (χ3v) is 12.8. The smallest absolute Gasteiger partial charge is 0.336 e. The van der Waals surface area contributed by atoms with Crippen LogP contribution in [0.1, 0.15) is 105 Å². The lowest BCUT2D eigenvalue weighted by atomic mass is 9.86. The number of unbranched alkanes of at least 4 members (excludes halogenated alkanes) is 3. The van der Waals surface area contributed by atoms with Gasteiger partial charge in [0.25, 0.3) is 5.91 Å². The Labute approximate surface area is 331 Å². The number of carbonyl (C=O) groups excluding carboxylic acids is 1. The number of aromatic carboxylic acids is 1. The molecule has 2 saturated heterocycles. The standard InChI is InChI=1S/C41H52ClN3O5Si/c1-51(2)37-28-31(44-19-6-7-20-44)12-15-34(37)39(35-16-13-32(29-38(35)51)45-21-8-9-22-45)36-27-30(11-14-33(36)41(47)48)40(46)43-18-24-50-26-25-49-23-10-4-3-5-17-42/h11-16,27-29H,3-10,17-26H2,1-2H3,(H-,43,46,47,48)/p+1/i6D2,7D2,8D2,9D2,19D2,20D2,21D2,22D2. The molecule has 2 aromatic carbocycles. The van der Waals surface area contributed by atoms with Gasteiger partial charge < -0.3 is 24.8 Å². The molecule has 10 heteroatoms. The second-order valence-corrected chi connectivity index (χ2v) is 17.4. The zero-order chi connectivity index (χ0) is 50.1. The van der Waals surface area contributed by atoms with Gasteiger partial charge in [0.05, 0.1) is 25.4 Å². The maximum absolute atomic E-state index is 13.6. The second-order valence-electron chi connectivity index (χ2n) is 12.7. The Bertz CT molecular complexity index is 2400. The first-order valence-corrected chi connectivity index (χ1v) is 20.5. The number of fused-ring (bicyclic) bond motifs is 2. The van der Waals surface area contributed by atoms with Gasteiger partial charge in [-0.1, -0.05) is 32.0 Å². The van der Waals surface area contributed by atoms with E-state index >= 15 is 0 Å². The molecule has 8 nitrogen and oxygen atoms in total. The van der Waals surface area contributed by atoms with Crippen LogP contribution in [0.15, 0.2) is 65.4 Å². The molecule has 0 radical (unpaired) electrons. The van der Waals surface area contributed by atoms with E-state index in [0.717, 1.165) is 25.7 Å². The first kappa shape index (κ1) is 21.9. The van der Waals surface area contributed by atoms with Gasteiger partial charge in [-0.25, -0.2) is 9.37 Å². The number of anilines is 1.